The van der Waals surface area contributed by atoms with Crippen molar-refractivity contribution >= 4 is 11.8 Å². The minimum absolute atomic E-state index is 0.289. The number of hydrogen-bond acceptors (Lipinski definition) is 4. The second-order valence-corrected chi connectivity index (χ2v) is 8.03. The first kappa shape index (κ1) is 14.6. The molecule has 2 unspecified atom stereocenters. The van der Waals surface area contributed by atoms with Crippen LogP contribution >= 0.6 is 11.8 Å². The van der Waals surface area contributed by atoms with Crippen LogP contribution in [0.25, 0.3) is 0 Å². The Bertz CT molecular complexity index is 262. The molecule has 0 amide bonds. The van der Waals surface area contributed by atoms with E-state index in [0.29, 0.717) is 0 Å². The minimum Gasteiger partial charge on any atom is -0.311 e. The van der Waals surface area contributed by atoms with Gasteiger partial charge in [0.1, 0.15) is 0 Å². The highest BCUT2D eigenvalue weighted by atomic mass is 32.2. The maximum absolute atomic E-state index is 3.78. The minimum atomic E-state index is 0.289. The van der Waals surface area contributed by atoms with E-state index in [0.717, 1.165) is 17.8 Å². The first-order valence-electron chi connectivity index (χ1n) is 7.26. The molecule has 2 atom stereocenters. The number of piperazine rings is 1. The molecule has 2 aliphatic rings. The first-order chi connectivity index (χ1) is 8.47. The summed E-state index contributed by atoms with van der Waals surface area (Å²) in [6.07, 6.45) is 1.34. The highest BCUT2D eigenvalue weighted by Gasteiger charge is 2.30. The van der Waals surface area contributed by atoms with E-state index >= 15 is 0 Å². The highest BCUT2D eigenvalue weighted by Crippen LogP contribution is 2.26. The third-order valence-corrected chi connectivity index (χ3v) is 5.74. The zero-order chi connectivity index (χ0) is 13.2. The van der Waals surface area contributed by atoms with Gasteiger partial charge in [0, 0.05) is 55.3 Å². The normalized spacial score (nSPS) is 32.0. The summed E-state index contributed by atoms with van der Waals surface area (Å²) in [5.74, 6) is 1.29. The number of hydrogen-bond donors (Lipinski definition) is 1. The van der Waals surface area contributed by atoms with Crippen molar-refractivity contribution in [3.8, 4) is 0 Å². The highest BCUT2D eigenvalue weighted by molar-refractivity contribution is 8.00. The quantitative estimate of drug-likeness (QED) is 0.835. The van der Waals surface area contributed by atoms with E-state index in [-0.39, 0.29) is 5.54 Å². The summed E-state index contributed by atoms with van der Waals surface area (Å²) in [4.78, 5) is 5.07. The van der Waals surface area contributed by atoms with Crippen LogP contribution in [0.3, 0.4) is 0 Å². The van der Waals surface area contributed by atoms with Crippen molar-refractivity contribution in [3.05, 3.63) is 0 Å². The molecule has 0 aromatic heterocycles. The largest absolute Gasteiger partial charge is 0.311 e. The standard InChI is InChI=1S/C14H29N3S/c1-12-9-13(10-18-12)15-11-14(2,3)17-7-5-16(4)6-8-17/h12-13,15H,5-11H2,1-4H3. The van der Waals surface area contributed by atoms with E-state index < -0.39 is 0 Å². The monoisotopic (exact) mass is 271 g/mol. The Kier molecular flexibility index (Phi) is 4.98. The Morgan fingerprint density at radius 2 is 1.89 bits per heavy atom. The lowest BCUT2D eigenvalue weighted by molar-refractivity contribution is 0.0605. The van der Waals surface area contributed by atoms with Gasteiger partial charge in [-0.1, -0.05) is 6.92 Å². The molecule has 2 aliphatic heterocycles. The van der Waals surface area contributed by atoms with E-state index in [4.69, 9.17) is 0 Å². The molecular formula is C14H29N3S. The van der Waals surface area contributed by atoms with E-state index in [9.17, 15) is 0 Å². The van der Waals surface area contributed by atoms with Crippen LogP contribution in [-0.4, -0.2) is 72.2 Å². The van der Waals surface area contributed by atoms with E-state index in [1.165, 1.54) is 38.4 Å². The SMILES string of the molecule is CC1CC(NCC(C)(C)N2CCN(C)CC2)CS1. The van der Waals surface area contributed by atoms with E-state index in [1.807, 2.05) is 0 Å². The number of likely N-dealkylation sites (N-methyl/N-ethyl adjacent to an activating group) is 1. The van der Waals surface area contributed by atoms with Gasteiger partial charge >= 0.3 is 0 Å². The van der Waals surface area contributed by atoms with Gasteiger partial charge in [0.05, 0.1) is 0 Å². The molecular weight excluding hydrogens is 242 g/mol. The molecule has 2 rings (SSSR count). The fourth-order valence-corrected chi connectivity index (χ4v) is 4.06. The van der Waals surface area contributed by atoms with Crippen LogP contribution in [0.5, 0.6) is 0 Å². The van der Waals surface area contributed by atoms with Crippen molar-refractivity contribution in [2.24, 2.45) is 0 Å². The second-order valence-electron chi connectivity index (χ2n) is 6.56. The molecule has 18 heavy (non-hydrogen) atoms. The van der Waals surface area contributed by atoms with Crippen LogP contribution in [0, 0.1) is 0 Å². The van der Waals surface area contributed by atoms with Gasteiger partial charge in [0.25, 0.3) is 0 Å². The predicted octanol–water partition coefficient (Wildman–Crippen LogP) is 1.50. The van der Waals surface area contributed by atoms with E-state index in [2.05, 4.69) is 54.7 Å². The molecule has 106 valence electrons. The molecule has 0 aromatic carbocycles. The van der Waals surface area contributed by atoms with Gasteiger partial charge in [-0.15, -0.1) is 0 Å². The van der Waals surface area contributed by atoms with Crippen LogP contribution in [0.15, 0.2) is 0 Å². The Morgan fingerprint density at radius 1 is 1.22 bits per heavy atom. The third kappa shape index (κ3) is 3.86. The lowest BCUT2D eigenvalue weighted by atomic mass is 10.0. The van der Waals surface area contributed by atoms with Crippen LogP contribution < -0.4 is 5.32 Å². The summed E-state index contributed by atoms with van der Waals surface area (Å²) in [6.45, 7) is 13.1. The average molecular weight is 271 g/mol. The van der Waals surface area contributed by atoms with Crippen molar-refractivity contribution in [2.75, 3.05) is 45.5 Å². The Balaban J connectivity index is 1.76. The second kappa shape index (κ2) is 6.12. The summed E-state index contributed by atoms with van der Waals surface area (Å²) < 4.78 is 0. The van der Waals surface area contributed by atoms with Crippen molar-refractivity contribution in [1.82, 2.24) is 15.1 Å². The van der Waals surface area contributed by atoms with Gasteiger partial charge < -0.3 is 10.2 Å². The van der Waals surface area contributed by atoms with Crippen LogP contribution in [-0.2, 0) is 0 Å². The number of nitrogens with zero attached hydrogens (tertiary/aromatic N) is 2. The van der Waals surface area contributed by atoms with Crippen molar-refractivity contribution < 1.29 is 0 Å². The van der Waals surface area contributed by atoms with Crippen LogP contribution in [0.1, 0.15) is 27.2 Å². The molecule has 2 heterocycles. The summed E-state index contributed by atoms with van der Waals surface area (Å²) in [6, 6.07) is 0.733. The van der Waals surface area contributed by atoms with Crippen LogP contribution in [0.4, 0.5) is 0 Å². The molecule has 0 spiro atoms. The molecule has 3 nitrogen and oxygen atoms in total. The van der Waals surface area contributed by atoms with Crippen molar-refractivity contribution in [3.63, 3.8) is 0 Å². The van der Waals surface area contributed by atoms with Gasteiger partial charge in [-0.25, -0.2) is 0 Å². The maximum Gasteiger partial charge on any atom is 0.0278 e. The Morgan fingerprint density at radius 3 is 2.44 bits per heavy atom. The Labute approximate surface area is 117 Å². The molecule has 0 aromatic rings. The summed E-state index contributed by atoms with van der Waals surface area (Å²) >= 11 is 2.11. The summed E-state index contributed by atoms with van der Waals surface area (Å²) in [7, 11) is 2.22. The zero-order valence-electron chi connectivity index (χ0n) is 12.4. The number of nitrogens with one attached hydrogen (secondary N) is 1. The fraction of sp³-hybridized carbons (Fsp3) is 1.00. The molecule has 0 aliphatic carbocycles. The van der Waals surface area contributed by atoms with Gasteiger partial charge in [-0.2, -0.15) is 11.8 Å². The van der Waals surface area contributed by atoms with Crippen molar-refractivity contribution in [1.29, 1.82) is 0 Å². The number of thioether (sulfide) groups is 1. The lowest BCUT2D eigenvalue weighted by Crippen LogP contribution is -2.58. The zero-order valence-corrected chi connectivity index (χ0v) is 13.2. The Hall–Kier alpha value is 0.230. The lowest BCUT2D eigenvalue weighted by Gasteiger charge is -2.43. The predicted molar refractivity (Wildman–Crippen MR) is 81.5 cm³/mol. The molecule has 0 radical (unpaired) electrons. The smallest absolute Gasteiger partial charge is 0.0278 e. The summed E-state index contributed by atoms with van der Waals surface area (Å²) in [5, 5.41) is 4.63. The van der Waals surface area contributed by atoms with Crippen molar-refractivity contribution in [2.45, 2.75) is 44.0 Å². The van der Waals surface area contributed by atoms with Gasteiger partial charge in [-0.3, -0.25) is 4.90 Å². The van der Waals surface area contributed by atoms with Crippen LogP contribution in [0.2, 0.25) is 0 Å². The average Bonchev–Trinajstić information content (AvgIpc) is 2.73. The summed E-state index contributed by atoms with van der Waals surface area (Å²) in [5.41, 5.74) is 0.289. The topological polar surface area (TPSA) is 18.5 Å². The molecule has 4 heteroatoms. The third-order valence-electron chi connectivity index (χ3n) is 4.38. The van der Waals surface area contributed by atoms with Gasteiger partial charge in [-0.05, 0) is 27.3 Å². The molecule has 0 saturated carbocycles. The van der Waals surface area contributed by atoms with Gasteiger partial charge in [0.2, 0.25) is 0 Å². The number of rotatable bonds is 4. The fourth-order valence-electron chi connectivity index (χ4n) is 2.88. The molecule has 1 N–H and O–H groups in total. The maximum atomic E-state index is 3.78. The first-order valence-corrected chi connectivity index (χ1v) is 8.31. The molecule has 2 saturated heterocycles. The molecule has 0 bridgehead atoms. The van der Waals surface area contributed by atoms with Gasteiger partial charge in [0.15, 0.2) is 0 Å². The van der Waals surface area contributed by atoms with E-state index in [1.54, 1.807) is 0 Å². The molecule has 2 fully saturated rings.